The van der Waals surface area contributed by atoms with E-state index in [1.54, 1.807) is 12.1 Å². The Morgan fingerprint density at radius 1 is 1.19 bits per heavy atom. The van der Waals surface area contributed by atoms with E-state index in [-0.39, 0.29) is 23.7 Å². The Labute approximate surface area is 160 Å². The number of carbonyl (C=O) groups is 1. The summed E-state index contributed by atoms with van der Waals surface area (Å²) in [7, 11) is 4.03. The first-order valence-electron chi connectivity index (χ1n) is 9.43. The van der Waals surface area contributed by atoms with Crippen LogP contribution in [0.15, 0.2) is 48.5 Å². The Hall–Kier alpha value is -2.37. The molecule has 3 N–H and O–H groups in total. The van der Waals surface area contributed by atoms with Gasteiger partial charge in [-0.3, -0.25) is 4.79 Å². The minimum absolute atomic E-state index is 0.0340. The van der Waals surface area contributed by atoms with Crippen molar-refractivity contribution < 1.29 is 15.0 Å². The molecular formula is C22H28N2O3. The second kappa shape index (κ2) is 8.55. The van der Waals surface area contributed by atoms with Crippen molar-refractivity contribution in [3.05, 3.63) is 65.2 Å². The second-order valence-corrected chi connectivity index (χ2v) is 7.54. The SMILES string of the molecule is CN(C)[C@H](CCC(=O)N[C@H]1c2ccccc2C[C@H]1O)Cc1ccc(O)cc1. The van der Waals surface area contributed by atoms with Crippen molar-refractivity contribution in [1.82, 2.24) is 10.2 Å². The maximum Gasteiger partial charge on any atom is 0.220 e. The van der Waals surface area contributed by atoms with E-state index in [1.165, 1.54) is 0 Å². The highest BCUT2D eigenvalue weighted by Crippen LogP contribution is 2.31. The van der Waals surface area contributed by atoms with Crippen LogP contribution in [0.1, 0.15) is 35.6 Å². The van der Waals surface area contributed by atoms with Crippen LogP contribution in [-0.4, -0.2) is 47.3 Å². The van der Waals surface area contributed by atoms with Crippen LogP contribution < -0.4 is 5.32 Å². The summed E-state index contributed by atoms with van der Waals surface area (Å²) in [5.41, 5.74) is 3.26. The van der Waals surface area contributed by atoms with Gasteiger partial charge in [0, 0.05) is 18.9 Å². The van der Waals surface area contributed by atoms with E-state index in [9.17, 15) is 15.0 Å². The van der Waals surface area contributed by atoms with Gasteiger partial charge in [0.05, 0.1) is 12.1 Å². The number of carbonyl (C=O) groups excluding carboxylic acids is 1. The zero-order chi connectivity index (χ0) is 19.4. The molecule has 0 bridgehead atoms. The number of aromatic hydroxyl groups is 1. The average molecular weight is 368 g/mol. The predicted molar refractivity (Wildman–Crippen MR) is 106 cm³/mol. The number of aliphatic hydroxyl groups excluding tert-OH is 1. The topological polar surface area (TPSA) is 72.8 Å². The van der Waals surface area contributed by atoms with Crippen LogP contribution in [0, 0.1) is 0 Å². The molecule has 5 nitrogen and oxygen atoms in total. The molecule has 0 radical (unpaired) electrons. The van der Waals surface area contributed by atoms with Gasteiger partial charge in [0.25, 0.3) is 0 Å². The number of nitrogens with zero attached hydrogens (tertiary/aromatic N) is 1. The summed E-state index contributed by atoms with van der Waals surface area (Å²) in [5, 5.41) is 22.7. The van der Waals surface area contributed by atoms with Crippen molar-refractivity contribution in [2.24, 2.45) is 0 Å². The third-order valence-corrected chi connectivity index (χ3v) is 5.36. The minimum atomic E-state index is -0.562. The fourth-order valence-electron chi connectivity index (χ4n) is 3.74. The molecule has 0 heterocycles. The van der Waals surface area contributed by atoms with Gasteiger partial charge in [-0.1, -0.05) is 36.4 Å². The highest BCUT2D eigenvalue weighted by molar-refractivity contribution is 5.76. The first-order chi connectivity index (χ1) is 12.9. The molecule has 0 fully saturated rings. The lowest BCUT2D eigenvalue weighted by Crippen LogP contribution is -2.36. The molecule has 27 heavy (non-hydrogen) atoms. The van der Waals surface area contributed by atoms with Crippen molar-refractivity contribution in [1.29, 1.82) is 0 Å². The summed E-state index contributed by atoms with van der Waals surface area (Å²) in [6, 6.07) is 15.0. The van der Waals surface area contributed by atoms with Gasteiger partial charge in [0.1, 0.15) is 5.75 Å². The largest absolute Gasteiger partial charge is 0.508 e. The third-order valence-electron chi connectivity index (χ3n) is 5.36. The van der Waals surface area contributed by atoms with Crippen LogP contribution in [-0.2, 0) is 17.6 Å². The molecule has 1 aliphatic carbocycles. The van der Waals surface area contributed by atoms with Gasteiger partial charge in [-0.05, 0) is 55.8 Å². The Morgan fingerprint density at radius 3 is 2.59 bits per heavy atom. The molecule has 1 amide bonds. The number of nitrogens with one attached hydrogen (secondary N) is 1. The van der Waals surface area contributed by atoms with Gasteiger partial charge in [-0.2, -0.15) is 0 Å². The molecule has 0 unspecified atom stereocenters. The van der Waals surface area contributed by atoms with Crippen LogP contribution in [0.25, 0.3) is 0 Å². The summed E-state index contributed by atoms with van der Waals surface area (Å²) < 4.78 is 0. The molecule has 3 rings (SSSR count). The summed E-state index contributed by atoms with van der Waals surface area (Å²) in [6.07, 6.45) is 1.97. The van der Waals surface area contributed by atoms with E-state index < -0.39 is 6.10 Å². The number of rotatable bonds is 7. The van der Waals surface area contributed by atoms with Crippen molar-refractivity contribution in [2.75, 3.05) is 14.1 Å². The number of hydrogen-bond acceptors (Lipinski definition) is 4. The van der Waals surface area contributed by atoms with E-state index in [0.29, 0.717) is 12.8 Å². The highest BCUT2D eigenvalue weighted by Gasteiger charge is 2.31. The van der Waals surface area contributed by atoms with Crippen LogP contribution in [0.4, 0.5) is 0 Å². The number of phenols is 1. The van der Waals surface area contributed by atoms with Gasteiger partial charge in [0.2, 0.25) is 5.91 Å². The minimum Gasteiger partial charge on any atom is -0.508 e. The molecule has 0 aliphatic heterocycles. The van der Waals surface area contributed by atoms with Crippen molar-refractivity contribution in [3.63, 3.8) is 0 Å². The van der Waals surface area contributed by atoms with Gasteiger partial charge >= 0.3 is 0 Å². The molecule has 0 saturated carbocycles. The summed E-state index contributed by atoms with van der Waals surface area (Å²) in [4.78, 5) is 14.6. The maximum atomic E-state index is 12.5. The first-order valence-corrected chi connectivity index (χ1v) is 9.43. The van der Waals surface area contributed by atoms with Gasteiger partial charge < -0.3 is 20.4 Å². The fourth-order valence-corrected chi connectivity index (χ4v) is 3.74. The lowest BCUT2D eigenvalue weighted by Gasteiger charge is -2.25. The molecule has 0 spiro atoms. The first kappa shape index (κ1) is 19.4. The number of phenolic OH excluding ortho intramolecular Hbond substituents is 1. The number of likely N-dealkylation sites (N-methyl/N-ethyl adjacent to an activating group) is 1. The zero-order valence-electron chi connectivity index (χ0n) is 15.9. The Bertz CT molecular complexity index is 773. The molecule has 5 heteroatoms. The standard InChI is InChI=1S/C22H28N2O3/c1-24(2)17(13-15-7-10-18(25)11-8-15)9-12-21(27)23-22-19-6-4-3-5-16(19)14-20(22)26/h3-8,10-11,17,20,22,25-26H,9,12-14H2,1-2H3,(H,23,27)/t17-,20-,22+/m1/s1. The molecule has 2 aromatic rings. The molecule has 0 saturated heterocycles. The van der Waals surface area contributed by atoms with E-state index in [2.05, 4.69) is 10.2 Å². The predicted octanol–water partition coefficient (Wildman–Crippen LogP) is 2.42. The lowest BCUT2D eigenvalue weighted by molar-refractivity contribution is -0.122. The summed E-state index contributed by atoms with van der Waals surface area (Å²) >= 11 is 0. The number of fused-ring (bicyclic) bond motifs is 1. The zero-order valence-corrected chi connectivity index (χ0v) is 15.9. The number of amides is 1. The molecule has 144 valence electrons. The quantitative estimate of drug-likeness (QED) is 0.702. The number of benzene rings is 2. The molecule has 3 atom stereocenters. The second-order valence-electron chi connectivity index (χ2n) is 7.54. The van der Waals surface area contributed by atoms with Crippen LogP contribution in [0.2, 0.25) is 0 Å². The van der Waals surface area contributed by atoms with Crippen molar-refractivity contribution in [3.8, 4) is 5.75 Å². The molecule has 0 aromatic heterocycles. The molecule has 1 aliphatic rings. The van der Waals surface area contributed by atoms with Crippen molar-refractivity contribution in [2.45, 2.75) is 43.9 Å². The van der Waals surface area contributed by atoms with E-state index in [0.717, 1.165) is 29.5 Å². The van der Waals surface area contributed by atoms with E-state index in [4.69, 9.17) is 0 Å². The summed E-state index contributed by atoms with van der Waals surface area (Å²) in [5.74, 6) is 0.225. The van der Waals surface area contributed by atoms with Gasteiger partial charge in [0.15, 0.2) is 0 Å². The maximum absolute atomic E-state index is 12.5. The smallest absolute Gasteiger partial charge is 0.220 e. The number of aliphatic hydroxyl groups is 1. The van der Waals surface area contributed by atoms with Crippen molar-refractivity contribution >= 4 is 5.91 Å². The van der Waals surface area contributed by atoms with Crippen LogP contribution >= 0.6 is 0 Å². The average Bonchev–Trinajstić information content (AvgIpc) is 2.95. The Balaban J connectivity index is 1.56. The number of hydrogen-bond donors (Lipinski definition) is 3. The monoisotopic (exact) mass is 368 g/mol. The van der Waals surface area contributed by atoms with E-state index >= 15 is 0 Å². The summed E-state index contributed by atoms with van der Waals surface area (Å²) in [6.45, 7) is 0. The van der Waals surface area contributed by atoms with Gasteiger partial charge in [-0.25, -0.2) is 0 Å². The van der Waals surface area contributed by atoms with Gasteiger partial charge in [-0.15, -0.1) is 0 Å². The highest BCUT2D eigenvalue weighted by atomic mass is 16.3. The molecular weight excluding hydrogens is 340 g/mol. The molecule has 2 aromatic carbocycles. The fraction of sp³-hybridized carbons (Fsp3) is 0.409. The third kappa shape index (κ3) is 4.87. The Kier molecular flexibility index (Phi) is 6.14. The van der Waals surface area contributed by atoms with E-state index in [1.807, 2.05) is 50.5 Å². The van der Waals surface area contributed by atoms with Crippen LogP contribution in [0.3, 0.4) is 0 Å². The lowest BCUT2D eigenvalue weighted by atomic mass is 10.00. The normalized spacial score (nSPS) is 19.7. The van der Waals surface area contributed by atoms with Crippen LogP contribution in [0.5, 0.6) is 5.75 Å². The Morgan fingerprint density at radius 2 is 1.89 bits per heavy atom.